The van der Waals surface area contributed by atoms with Crippen LogP contribution in [0.1, 0.15) is 32.8 Å². The zero-order valence-corrected chi connectivity index (χ0v) is 11.6. The number of hydrogen-bond acceptors (Lipinski definition) is 1. The van der Waals surface area contributed by atoms with Crippen molar-refractivity contribution in [1.29, 1.82) is 0 Å². The highest BCUT2D eigenvalue weighted by Crippen LogP contribution is 2.20. The molecule has 17 heavy (non-hydrogen) atoms. The lowest BCUT2D eigenvalue weighted by molar-refractivity contribution is -0.119. The molecule has 0 aromatic heterocycles. The molecule has 3 heteroatoms. The summed E-state index contributed by atoms with van der Waals surface area (Å²) in [4.78, 5) is 11.9. The maximum absolute atomic E-state index is 11.9. The minimum atomic E-state index is 0.0333. The fraction of sp³-hybridized carbons (Fsp3) is 0.500. The van der Waals surface area contributed by atoms with Crippen molar-refractivity contribution in [2.75, 3.05) is 5.32 Å². The number of hydrogen-bond donors (Lipinski definition) is 1. The van der Waals surface area contributed by atoms with Crippen LogP contribution in [0.25, 0.3) is 0 Å². The lowest BCUT2D eigenvalue weighted by atomic mass is 9.98. The number of amides is 1. The smallest absolute Gasteiger partial charge is 0.227 e. The van der Waals surface area contributed by atoms with Crippen molar-refractivity contribution in [3.05, 3.63) is 28.8 Å². The van der Waals surface area contributed by atoms with Crippen LogP contribution in [0.2, 0.25) is 5.02 Å². The van der Waals surface area contributed by atoms with E-state index in [-0.39, 0.29) is 11.8 Å². The summed E-state index contributed by atoms with van der Waals surface area (Å²) in [5.41, 5.74) is 1.79. The second kappa shape index (κ2) is 6.06. The maximum atomic E-state index is 11.9. The topological polar surface area (TPSA) is 29.1 Å². The van der Waals surface area contributed by atoms with Crippen LogP contribution in [0.5, 0.6) is 0 Å². The van der Waals surface area contributed by atoms with E-state index in [2.05, 4.69) is 19.2 Å². The first kappa shape index (κ1) is 14.0. The van der Waals surface area contributed by atoms with Gasteiger partial charge in [0, 0.05) is 16.6 Å². The van der Waals surface area contributed by atoms with E-state index in [4.69, 9.17) is 11.6 Å². The summed E-state index contributed by atoms with van der Waals surface area (Å²) in [5, 5.41) is 3.64. The Morgan fingerprint density at radius 3 is 2.53 bits per heavy atom. The van der Waals surface area contributed by atoms with Crippen molar-refractivity contribution in [2.45, 2.75) is 34.1 Å². The first-order valence-corrected chi connectivity index (χ1v) is 6.35. The minimum Gasteiger partial charge on any atom is -0.326 e. The van der Waals surface area contributed by atoms with Gasteiger partial charge in [-0.2, -0.15) is 0 Å². The number of rotatable bonds is 4. The molecule has 0 fully saturated rings. The largest absolute Gasteiger partial charge is 0.326 e. The van der Waals surface area contributed by atoms with Gasteiger partial charge in [-0.1, -0.05) is 32.4 Å². The highest BCUT2D eigenvalue weighted by atomic mass is 35.5. The normalized spacial score (nSPS) is 12.6. The van der Waals surface area contributed by atoms with Gasteiger partial charge in [-0.25, -0.2) is 0 Å². The van der Waals surface area contributed by atoms with Gasteiger partial charge in [0.1, 0.15) is 0 Å². The van der Waals surface area contributed by atoms with E-state index >= 15 is 0 Å². The van der Waals surface area contributed by atoms with Crippen molar-refractivity contribution < 1.29 is 4.79 Å². The number of aryl methyl sites for hydroxylation is 1. The molecule has 1 rings (SSSR count). The molecule has 0 saturated heterocycles. The molecule has 0 radical (unpaired) electrons. The Bertz CT molecular complexity index is 401. The third-order valence-corrected chi connectivity index (χ3v) is 3.12. The zero-order chi connectivity index (χ0) is 13.0. The summed E-state index contributed by atoms with van der Waals surface area (Å²) in [6.45, 7) is 8.13. The highest BCUT2D eigenvalue weighted by molar-refractivity contribution is 6.31. The molecule has 0 heterocycles. The molecule has 1 amide bonds. The number of carbonyl (C=O) groups excluding carboxylic acids is 1. The molecule has 0 aliphatic carbocycles. The molecule has 1 N–H and O–H groups in total. The first-order chi connectivity index (χ1) is 7.90. The Hall–Kier alpha value is -1.02. The van der Waals surface area contributed by atoms with Crippen molar-refractivity contribution in [3.63, 3.8) is 0 Å². The maximum Gasteiger partial charge on any atom is 0.227 e. The van der Waals surface area contributed by atoms with E-state index in [1.807, 2.05) is 26.0 Å². The fourth-order valence-electron chi connectivity index (χ4n) is 1.80. The molecule has 0 saturated carbocycles. The second-order valence-electron chi connectivity index (χ2n) is 4.98. The first-order valence-electron chi connectivity index (χ1n) is 5.97. The average molecular weight is 254 g/mol. The molecule has 0 spiro atoms. The van der Waals surface area contributed by atoms with Gasteiger partial charge >= 0.3 is 0 Å². The van der Waals surface area contributed by atoms with Gasteiger partial charge in [0.2, 0.25) is 5.91 Å². The number of anilines is 1. The van der Waals surface area contributed by atoms with Gasteiger partial charge in [-0.3, -0.25) is 4.79 Å². The van der Waals surface area contributed by atoms with Crippen molar-refractivity contribution in [2.24, 2.45) is 11.8 Å². The summed E-state index contributed by atoms with van der Waals surface area (Å²) >= 11 is 5.94. The number of nitrogens with one attached hydrogen (secondary N) is 1. The molecule has 0 aliphatic rings. The van der Waals surface area contributed by atoms with E-state index in [1.165, 1.54) is 0 Å². The Morgan fingerprint density at radius 2 is 2.00 bits per heavy atom. The zero-order valence-electron chi connectivity index (χ0n) is 10.9. The number of benzene rings is 1. The number of carbonyl (C=O) groups is 1. The van der Waals surface area contributed by atoms with Crippen LogP contribution in [-0.4, -0.2) is 5.91 Å². The monoisotopic (exact) mass is 253 g/mol. The lowest BCUT2D eigenvalue weighted by Gasteiger charge is -2.14. The van der Waals surface area contributed by atoms with Gasteiger partial charge in [-0.15, -0.1) is 0 Å². The van der Waals surface area contributed by atoms with Crippen LogP contribution in [0.4, 0.5) is 5.69 Å². The standard InChI is InChI=1S/C14H20ClNO/c1-9(2)7-11(4)14(17)16-12-5-6-13(15)10(3)8-12/h5-6,8-9,11H,7H2,1-4H3,(H,16,17). The van der Waals surface area contributed by atoms with Gasteiger partial charge in [0.25, 0.3) is 0 Å². The molecular weight excluding hydrogens is 234 g/mol. The van der Waals surface area contributed by atoms with Crippen molar-refractivity contribution in [3.8, 4) is 0 Å². The van der Waals surface area contributed by atoms with Crippen LogP contribution in [0.3, 0.4) is 0 Å². The van der Waals surface area contributed by atoms with Crippen LogP contribution in [0, 0.1) is 18.8 Å². The van der Waals surface area contributed by atoms with Gasteiger partial charge in [-0.05, 0) is 43.0 Å². The molecule has 0 aliphatic heterocycles. The second-order valence-corrected chi connectivity index (χ2v) is 5.39. The SMILES string of the molecule is Cc1cc(NC(=O)C(C)CC(C)C)ccc1Cl. The quantitative estimate of drug-likeness (QED) is 0.853. The van der Waals surface area contributed by atoms with Crippen LogP contribution in [0.15, 0.2) is 18.2 Å². The molecule has 0 bridgehead atoms. The summed E-state index contributed by atoms with van der Waals surface area (Å²) in [6, 6.07) is 5.53. The molecule has 1 aromatic rings. The third kappa shape index (κ3) is 4.39. The predicted octanol–water partition coefficient (Wildman–Crippen LogP) is 4.27. The van der Waals surface area contributed by atoms with Crippen LogP contribution < -0.4 is 5.32 Å². The Labute approximate surface area is 108 Å². The fourth-order valence-corrected chi connectivity index (χ4v) is 1.92. The molecule has 1 unspecified atom stereocenters. The Balaban J connectivity index is 2.64. The Kier molecular flexibility index (Phi) is 5.01. The average Bonchev–Trinajstić information content (AvgIpc) is 2.22. The van der Waals surface area contributed by atoms with Gasteiger partial charge < -0.3 is 5.32 Å². The van der Waals surface area contributed by atoms with E-state index in [0.717, 1.165) is 22.7 Å². The molecule has 1 aromatic carbocycles. The van der Waals surface area contributed by atoms with Gasteiger partial charge in [0.15, 0.2) is 0 Å². The predicted molar refractivity (Wildman–Crippen MR) is 73.4 cm³/mol. The third-order valence-electron chi connectivity index (χ3n) is 2.70. The van der Waals surface area contributed by atoms with E-state index in [1.54, 1.807) is 6.07 Å². The molecule has 94 valence electrons. The summed E-state index contributed by atoms with van der Waals surface area (Å²) in [6.07, 6.45) is 0.901. The van der Waals surface area contributed by atoms with E-state index in [0.29, 0.717) is 5.92 Å². The molecule has 1 atom stereocenters. The number of halogens is 1. The highest BCUT2D eigenvalue weighted by Gasteiger charge is 2.14. The van der Waals surface area contributed by atoms with Gasteiger partial charge in [0.05, 0.1) is 0 Å². The molecular formula is C14H20ClNO. The van der Waals surface area contributed by atoms with E-state index < -0.39 is 0 Å². The van der Waals surface area contributed by atoms with Crippen molar-refractivity contribution >= 4 is 23.2 Å². The summed E-state index contributed by atoms with van der Waals surface area (Å²) < 4.78 is 0. The van der Waals surface area contributed by atoms with E-state index in [9.17, 15) is 4.79 Å². The van der Waals surface area contributed by atoms with Crippen LogP contribution >= 0.6 is 11.6 Å². The van der Waals surface area contributed by atoms with Crippen molar-refractivity contribution in [1.82, 2.24) is 0 Å². The lowest BCUT2D eigenvalue weighted by Crippen LogP contribution is -2.21. The van der Waals surface area contributed by atoms with Crippen LogP contribution in [-0.2, 0) is 4.79 Å². The minimum absolute atomic E-state index is 0.0333. The Morgan fingerprint density at radius 1 is 1.35 bits per heavy atom. The summed E-state index contributed by atoms with van der Waals surface area (Å²) in [5.74, 6) is 0.633. The summed E-state index contributed by atoms with van der Waals surface area (Å²) in [7, 11) is 0. The molecule has 2 nitrogen and oxygen atoms in total.